The third-order valence-corrected chi connectivity index (χ3v) is 11.1. The molecule has 236 valence electrons. The summed E-state index contributed by atoms with van der Waals surface area (Å²) in [5, 5.41) is 26.7. The van der Waals surface area contributed by atoms with Gasteiger partial charge in [-0.15, -0.1) is 0 Å². The summed E-state index contributed by atoms with van der Waals surface area (Å²) in [5.74, 6) is 2.82. The Labute approximate surface area is 254 Å². The predicted molar refractivity (Wildman–Crippen MR) is 169 cm³/mol. The Balaban J connectivity index is 1.08. The molecule has 3 aliphatic rings. The molecule has 1 aromatic rings. The number of amides is 2. The Hall–Kier alpha value is -2.08. The van der Waals surface area contributed by atoms with Crippen molar-refractivity contribution in [3.05, 3.63) is 29.3 Å². The van der Waals surface area contributed by atoms with Gasteiger partial charge in [-0.05, 0) is 104 Å². The molecule has 2 fully saturated rings. The molecule has 2 saturated carbocycles. The molecule has 0 spiro atoms. The van der Waals surface area contributed by atoms with Crippen molar-refractivity contribution in [3.8, 4) is 5.75 Å². The molecule has 3 aliphatic carbocycles. The van der Waals surface area contributed by atoms with Crippen molar-refractivity contribution in [2.75, 3.05) is 13.1 Å². The van der Waals surface area contributed by atoms with E-state index in [-0.39, 0.29) is 29.9 Å². The highest BCUT2D eigenvalue weighted by Gasteiger charge is 2.56. The first-order valence-corrected chi connectivity index (χ1v) is 17.4. The summed E-state index contributed by atoms with van der Waals surface area (Å²) in [7, 11) is 0. The van der Waals surface area contributed by atoms with Gasteiger partial charge in [-0.1, -0.05) is 77.7 Å². The van der Waals surface area contributed by atoms with Gasteiger partial charge in [0.1, 0.15) is 5.75 Å². The highest BCUT2D eigenvalue weighted by atomic mass is 16.3. The number of benzene rings is 1. The number of phenols is 1. The first-order valence-electron chi connectivity index (χ1n) is 17.4. The van der Waals surface area contributed by atoms with E-state index in [2.05, 4.69) is 30.5 Å². The summed E-state index contributed by atoms with van der Waals surface area (Å²) in [6.07, 6.45) is 20.1. The lowest BCUT2D eigenvalue weighted by Crippen LogP contribution is -2.47. The van der Waals surface area contributed by atoms with E-state index in [4.69, 9.17) is 0 Å². The van der Waals surface area contributed by atoms with Crippen LogP contribution >= 0.6 is 0 Å². The zero-order valence-corrected chi connectivity index (χ0v) is 26.5. The van der Waals surface area contributed by atoms with Crippen molar-refractivity contribution in [2.24, 2.45) is 23.2 Å². The highest BCUT2D eigenvalue weighted by molar-refractivity contribution is 5.84. The van der Waals surface area contributed by atoms with Crippen LogP contribution in [0.2, 0.25) is 0 Å². The van der Waals surface area contributed by atoms with Gasteiger partial charge in [-0.2, -0.15) is 0 Å². The standard InChI is InChI=1S/C36H58N2O4/c1-3-4-15-33(41)38-25-34(42)37-22-13-11-9-7-5-6-8-10-12-14-26-23-27-24-28(39)16-17-29(27)30-20-21-36(2)31(35(26)30)18-19-32(36)40/h16-17,24,26,30-32,35,39-40H,3-15,18-23,25H2,1-2H3,(H,37,42)(H,38,41)/t26-,30-,31+,32+,35-,36+/m1/s1. The van der Waals surface area contributed by atoms with Gasteiger partial charge in [0, 0.05) is 13.0 Å². The minimum absolute atomic E-state index is 0.0388. The van der Waals surface area contributed by atoms with Crippen molar-refractivity contribution >= 4 is 11.8 Å². The second-order valence-electron chi connectivity index (χ2n) is 14.0. The molecule has 0 aliphatic heterocycles. The molecule has 4 rings (SSSR count). The smallest absolute Gasteiger partial charge is 0.239 e. The lowest BCUT2D eigenvalue weighted by molar-refractivity contribution is -0.126. The summed E-state index contributed by atoms with van der Waals surface area (Å²) in [5.41, 5.74) is 2.94. The summed E-state index contributed by atoms with van der Waals surface area (Å²) in [4.78, 5) is 23.4. The number of rotatable bonds is 17. The number of hydrogen-bond acceptors (Lipinski definition) is 4. The molecule has 0 bridgehead atoms. The summed E-state index contributed by atoms with van der Waals surface area (Å²) >= 11 is 0. The third-order valence-electron chi connectivity index (χ3n) is 11.1. The van der Waals surface area contributed by atoms with Gasteiger partial charge in [0.2, 0.25) is 11.8 Å². The van der Waals surface area contributed by atoms with Crippen LogP contribution in [-0.4, -0.2) is 41.2 Å². The number of carbonyl (C=O) groups is 2. The van der Waals surface area contributed by atoms with E-state index < -0.39 is 0 Å². The van der Waals surface area contributed by atoms with Crippen LogP contribution in [0.4, 0.5) is 0 Å². The van der Waals surface area contributed by atoms with Gasteiger partial charge in [0.25, 0.3) is 0 Å². The number of aliphatic hydroxyl groups is 1. The predicted octanol–water partition coefficient (Wildman–Crippen LogP) is 7.16. The second-order valence-corrected chi connectivity index (χ2v) is 14.0. The normalized spacial score (nSPS) is 28.0. The zero-order valence-electron chi connectivity index (χ0n) is 26.5. The van der Waals surface area contributed by atoms with Crippen LogP contribution in [0.3, 0.4) is 0 Å². The van der Waals surface area contributed by atoms with Gasteiger partial charge in [-0.3, -0.25) is 9.59 Å². The lowest BCUT2D eigenvalue weighted by atomic mass is 9.52. The fraction of sp³-hybridized carbons (Fsp3) is 0.778. The number of aliphatic hydroxyl groups excluding tert-OH is 1. The van der Waals surface area contributed by atoms with E-state index in [9.17, 15) is 19.8 Å². The molecule has 0 heterocycles. The lowest BCUT2D eigenvalue weighted by Gasteiger charge is -2.53. The van der Waals surface area contributed by atoms with Crippen molar-refractivity contribution in [1.82, 2.24) is 10.6 Å². The maximum atomic E-state index is 11.8. The summed E-state index contributed by atoms with van der Waals surface area (Å²) in [6, 6.07) is 6.10. The van der Waals surface area contributed by atoms with E-state index in [1.165, 1.54) is 75.3 Å². The van der Waals surface area contributed by atoms with Gasteiger partial charge >= 0.3 is 0 Å². The number of phenolic OH excluding ortho intramolecular Hbond substituents is 1. The van der Waals surface area contributed by atoms with Crippen LogP contribution in [0.5, 0.6) is 5.75 Å². The zero-order chi connectivity index (χ0) is 30.0. The van der Waals surface area contributed by atoms with Crippen LogP contribution in [0.15, 0.2) is 18.2 Å². The van der Waals surface area contributed by atoms with Gasteiger partial charge in [0.05, 0.1) is 12.6 Å². The van der Waals surface area contributed by atoms with Gasteiger partial charge < -0.3 is 20.8 Å². The molecule has 42 heavy (non-hydrogen) atoms. The molecule has 6 heteroatoms. The SMILES string of the molecule is CCCCC(=O)NCC(=O)NCCCCCCCCCCC[C@@H]1Cc2cc(O)ccc2[C@H]2CC[C@]3(C)[C@@H](O)CC[C@H]3[C@H]12. The van der Waals surface area contributed by atoms with E-state index in [1.807, 2.05) is 12.1 Å². The Morgan fingerprint density at radius 2 is 1.62 bits per heavy atom. The number of hydrogen-bond donors (Lipinski definition) is 4. The molecule has 6 atom stereocenters. The largest absolute Gasteiger partial charge is 0.508 e. The number of fused-ring (bicyclic) bond motifs is 5. The highest BCUT2D eigenvalue weighted by Crippen LogP contribution is 2.62. The maximum absolute atomic E-state index is 11.8. The van der Waals surface area contributed by atoms with Crippen LogP contribution in [0, 0.1) is 23.2 Å². The average molecular weight is 583 g/mol. The second kappa shape index (κ2) is 16.1. The van der Waals surface area contributed by atoms with Crippen LogP contribution < -0.4 is 10.6 Å². The number of unbranched alkanes of at least 4 members (excludes halogenated alkanes) is 9. The van der Waals surface area contributed by atoms with E-state index in [0.717, 1.165) is 44.9 Å². The van der Waals surface area contributed by atoms with Crippen molar-refractivity contribution in [2.45, 2.75) is 141 Å². The minimum Gasteiger partial charge on any atom is -0.508 e. The van der Waals surface area contributed by atoms with Crippen molar-refractivity contribution < 1.29 is 19.8 Å². The molecule has 2 amide bonds. The van der Waals surface area contributed by atoms with Crippen LogP contribution in [0.1, 0.15) is 140 Å². The number of nitrogens with one attached hydrogen (secondary N) is 2. The van der Waals surface area contributed by atoms with Crippen molar-refractivity contribution in [3.63, 3.8) is 0 Å². The van der Waals surface area contributed by atoms with Gasteiger partial charge in [0.15, 0.2) is 0 Å². The third kappa shape index (κ3) is 8.51. The Kier molecular flexibility index (Phi) is 12.6. The fourth-order valence-corrected chi connectivity index (χ4v) is 8.69. The van der Waals surface area contributed by atoms with E-state index in [0.29, 0.717) is 42.4 Å². The number of aromatic hydroxyl groups is 1. The first-order chi connectivity index (χ1) is 20.3. The number of carbonyl (C=O) groups excluding carboxylic acids is 2. The Morgan fingerprint density at radius 3 is 2.36 bits per heavy atom. The molecule has 0 unspecified atom stereocenters. The Morgan fingerprint density at radius 1 is 0.905 bits per heavy atom. The van der Waals surface area contributed by atoms with Crippen LogP contribution in [0.25, 0.3) is 0 Å². The molecule has 6 nitrogen and oxygen atoms in total. The molecule has 0 aromatic heterocycles. The summed E-state index contributed by atoms with van der Waals surface area (Å²) in [6.45, 7) is 5.19. The minimum atomic E-state index is -0.140. The topological polar surface area (TPSA) is 98.7 Å². The molecule has 4 N–H and O–H groups in total. The van der Waals surface area contributed by atoms with Gasteiger partial charge in [-0.25, -0.2) is 0 Å². The fourth-order valence-electron chi connectivity index (χ4n) is 8.69. The molecular weight excluding hydrogens is 524 g/mol. The van der Waals surface area contributed by atoms with E-state index in [1.54, 1.807) is 0 Å². The van der Waals surface area contributed by atoms with E-state index >= 15 is 0 Å². The first kappa shape index (κ1) is 32.8. The van der Waals surface area contributed by atoms with Crippen LogP contribution in [-0.2, 0) is 16.0 Å². The maximum Gasteiger partial charge on any atom is 0.239 e. The molecule has 0 saturated heterocycles. The van der Waals surface area contributed by atoms with Crippen molar-refractivity contribution in [1.29, 1.82) is 0 Å². The molecule has 1 aromatic carbocycles. The Bertz CT molecular complexity index is 1010. The molecular formula is C36H58N2O4. The molecule has 0 radical (unpaired) electrons. The summed E-state index contributed by atoms with van der Waals surface area (Å²) < 4.78 is 0. The monoisotopic (exact) mass is 582 g/mol. The quantitative estimate of drug-likeness (QED) is 0.147. The average Bonchev–Trinajstić information content (AvgIpc) is 3.28.